The lowest BCUT2D eigenvalue weighted by molar-refractivity contribution is 0.0536. The smallest absolute Gasteiger partial charge is 0.409 e. The van der Waals surface area contributed by atoms with Gasteiger partial charge in [0.2, 0.25) is 0 Å². The van der Waals surface area contributed by atoms with Crippen molar-refractivity contribution in [1.29, 1.82) is 0 Å². The number of amidine groups is 1. The number of methoxy groups -OCH3 is 1. The van der Waals surface area contributed by atoms with Crippen LogP contribution >= 0.6 is 11.3 Å². The quantitative estimate of drug-likeness (QED) is 0.684. The molecule has 31 heavy (non-hydrogen) atoms. The van der Waals surface area contributed by atoms with Crippen molar-refractivity contribution in [3.8, 4) is 0 Å². The number of piperidine rings is 2. The fraction of sp³-hybridized carbons (Fsp3) is 0.750. The summed E-state index contributed by atoms with van der Waals surface area (Å²) in [6.07, 6.45) is 7.26. The minimum Gasteiger partial charge on any atom is -0.453 e. The molecular formula is C24H36N4O2S. The van der Waals surface area contributed by atoms with Crippen LogP contribution in [0.25, 0.3) is 0 Å². The molecule has 0 radical (unpaired) electrons. The highest BCUT2D eigenvalue weighted by atomic mass is 32.1. The van der Waals surface area contributed by atoms with E-state index >= 15 is 0 Å². The minimum atomic E-state index is -0.215. The molecule has 4 aliphatic rings. The van der Waals surface area contributed by atoms with Crippen LogP contribution in [0.15, 0.2) is 21.8 Å². The van der Waals surface area contributed by atoms with Crippen LogP contribution in [0.4, 0.5) is 4.79 Å². The van der Waals surface area contributed by atoms with Gasteiger partial charge in [0, 0.05) is 31.2 Å². The fourth-order valence-corrected chi connectivity index (χ4v) is 7.43. The SMILES string of the molecule is COC(=O)N1CCC2C(C1)N=C(C)N2C1CC2CCC(C1)N2CC[C@H](C)c1ccsc1. The van der Waals surface area contributed by atoms with Crippen molar-refractivity contribution in [3.63, 3.8) is 0 Å². The summed E-state index contributed by atoms with van der Waals surface area (Å²) >= 11 is 1.81. The largest absolute Gasteiger partial charge is 0.453 e. The number of hydrogen-bond acceptors (Lipinski definition) is 6. The molecule has 170 valence electrons. The first-order valence-corrected chi connectivity index (χ1v) is 12.9. The Labute approximate surface area is 190 Å². The molecule has 0 spiro atoms. The van der Waals surface area contributed by atoms with E-state index in [4.69, 9.17) is 9.73 Å². The Morgan fingerprint density at radius 2 is 2.03 bits per heavy atom. The van der Waals surface area contributed by atoms with Gasteiger partial charge in [0.1, 0.15) is 0 Å². The predicted molar refractivity (Wildman–Crippen MR) is 125 cm³/mol. The van der Waals surface area contributed by atoms with Gasteiger partial charge in [-0.1, -0.05) is 6.92 Å². The molecule has 0 N–H and O–H groups in total. The van der Waals surface area contributed by atoms with E-state index in [1.54, 1.807) is 0 Å². The Kier molecular flexibility index (Phi) is 5.99. The third kappa shape index (κ3) is 3.99. The monoisotopic (exact) mass is 444 g/mol. The van der Waals surface area contributed by atoms with Crippen LogP contribution in [0, 0.1) is 0 Å². The maximum absolute atomic E-state index is 12.0. The molecule has 5 atom stereocenters. The van der Waals surface area contributed by atoms with Crippen molar-refractivity contribution in [1.82, 2.24) is 14.7 Å². The Morgan fingerprint density at radius 1 is 1.26 bits per heavy atom. The van der Waals surface area contributed by atoms with Crippen LogP contribution in [0.3, 0.4) is 0 Å². The van der Waals surface area contributed by atoms with Crippen molar-refractivity contribution in [2.24, 2.45) is 4.99 Å². The first kappa shape index (κ1) is 21.3. The molecule has 4 unspecified atom stereocenters. The first-order valence-electron chi connectivity index (χ1n) is 12.0. The van der Waals surface area contributed by atoms with Gasteiger partial charge in [-0.25, -0.2) is 4.79 Å². The lowest BCUT2D eigenvalue weighted by Crippen LogP contribution is -2.57. The molecule has 1 aromatic rings. The van der Waals surface area contributed by atoms with E-state index in [0.29, 0.717) is 24.5 Å². The summed E-state index contributed by atoms with van der Waals surface area (Å²) in [6, 6.07) is 4.99. The van der Waals surface area contributed by atoms with E-state index in [1.807, 2.05) is 16.2 Å². The second-order valence-corrected chi connectivity index (χ2v) is 10.7. The average molecular weight is 445 g/mol. The molecule has 1 amide bonds. The van der Waals surface area contributed by atoms with E-state index in [-0.39, 0.29) is 12.1 Å². The summed E-state index contributed by atoms with van der Waals surface area (Å²) in [5, 5.41) is 4.51. The van der Waals surface area contributed by atoms with Crippen molar-refractivity contribution >= 4 is 23.3 Å². The van der Waals surface area contributed by atoms with Crippen molar-refractivity contribution < 1.29 is 9.53 Å². The molecular weight excluding hydrogens is 408 g/mol. The van der Waals surface area contributed by atoms with Gasteiger partial charge in [-0.2, -0.15) is 11.3 Å². The van der Waals surface area contributed by atoms with Crippen LogP contribution < -0.4 is 0 Å². The Morgan fingerprint density at radius 3 is 2.71 bits per heavy atom. The second-order valence-electron chi connectivity index (χ2n) is 9.92. The normalized spacial score (nSPS) is 33.9. The van der Waals surface area contributed by atoms with Gasteiger partial charge < -0.3 is 14.5 Å². The third-order valence-corrected chi connectivity index (χ3v) is 8.95. The number of nitrogens with zero attached hydrogens (tertiary/aromatic N) is 4. The minimum absolute atomic E-state index is 0.204. The van der Waals surface area contributed by atoms with Gasteiger partial charge >= 0.3 is 6.09 Å². The number of carbonyl (C=O) groups excluding carboxylic acids is 1. The van der Waals surface area contributed by atoms with Gasteiger partial charge in [-0.15, -0.1) is 0 Å². The zero-order chi connectivity index (χ0) is 21.5. The zero-order valence-electron chi connectivity index (χ0n) is 19.1. The molecule has 0 aromatic carbocycles. The molecule has 5 rings (SSSR count). The zero-order valence-corrected chi connectivity index (χ0v) is 19.9. The third-order valence-electron chi connectivity index (χ3n) is 8.25. The number of ether oxygens (including phenoxy) is 1. The van der Waals surface area contributed by atoms with Gasteiger partial charge in [0.15, 0.2) is 0 Å². The maximum Gasteiger partial charge on any atom is 0.409 e. The van der Waals surface area contributed by atoms with Gasteiger partial charge in [0.05, 0.1) is 25.0 Å². The van der Waals surface area contributed by atoms with E-state index in [9.17, 15) is 4.79 Å². The summed E-state index contributed by atoms with van der Waals surface area (Å²) < 4.78 is 4.94. The van der Waals surface area contributed by atoms with Crippen molar-refractivity contribution in [2.75, 3.05) is 26.7 Å². The Hall–Kier alpha value is -1.60. The summed E-state index contributed by atoms with van der Waals surface area (Å²) in [5.41, 5.74) is 1.50. The number of likely N-dealkylation sites (tertiary alicyclic amines) is 1. The van der Waals surface area contributed by atoms with Crippen LogP contribution in [0.2, 0.25) is 0 Å². The average Bonchev–Trinajstić information content (AvgIpc) is 3.47. The van der Waals surface area contributed by atoms with E-state index in [1.165, 1.54) is 57.2 Å². The summed E-state index contributed by atoms with van der Waals surface area (Å²) in [5.74, 6) is 1.84. The topological polar surface area (TPSA) is 48.4 Å². The van der Waals surface area contributed by atoms with Crippen LogP contribution in [0.1, 0.15) is 63.9 Å². The number of amides is 1. The molecule has 1 aromatic heterocycles. The fourth-order valence-electron chi connectivity index (χ4n) is 6.65. The Balaban J connectivity index is 1.20. The highest BCUT2D eigenvalue weighted by molar-refractivity contribution is 7.07. The number of rotatable bonds is 5. The molecule has 5 heterocycles. The number of thiophene rings is 1. The molecule has 3 fully saturated rings. The number of aliphatic imine (C=N–C) groups is 1. The molecule has 7 heteroatoms. The highest BCUT2D eigenvalue weighted by Crippen LogP contribution is 2.41. The molecule has 0 saturated carbocycles. The summed E-state index contributed by atoms with van der Waals surface area (Å²) in [6.45, 7) is 7.25. The van der Waals surface area contributed by atoms with Crippen LogP contribution in [-0.4, -0.2) is 83.6 Å². The van der Waals surface area contributed by atoms with Gasteiger partial charge in [-0.05, 0) is 80.3 Å². The molecule has 2 bridgehead atoms. The molecule has 0 aliphatic carbocycles. The summed E-state index contributed by atoms with van der Waals surface area (Å²) in [4.78, 5) is 24.3. The molecule has 4 aliphatic heterocycles. The van der Waals surface area contributed by atoms with Crippen molar-refractivity contribution in [2.45, 2.75) is 88.5 Å². The molecule has 6 nitrogen and oxygen atoms in total. The lowest BCUT2D eigenvalue weighted by Gasteiger charge is -2.47. The number of hydrogen-bond donors (Lipinski definition) is 0. The maximum atomic E-state index is 12.0. The standard InChI is InChI=1S/C24H36N4O2S/c1-16(18-8-11-31-15-18)6-10-27-19-4-5-20(27)13-21(12-19)28-17(2)25-22-14-26(24(29)30-3)9-7-23(22)28/h8,11,15-16,19-23H,4-7,9-10,12-14H2,1-3H3/t16-,19?,20?,21?,22?,23?/m0/s1. The molecule has 3 saturated heterocycles. The first-order chi connectivity index (χ1) is 15.0. The predicted octanol–water partition coefficient (Wildman–Crippen LogP) is 4.18. The highest BCUT2D eigenvalue weighted by Gasteiger charge is 2.48. The van der Waals surface area contributed by atoms with Crippen LogP contribution in [0.5, 0.6) is 0 Å². The van der Waals surface area contributed by atoms with Gasteiger partial charge in [-0.3, -0.25) is 9.89 Å². The van der Waals surface area contributed by atoms with E-state index in [0.717, 1.165) is 25.0 Å². The second kappa shape index (κ2) is 8.74. The van der Waals surface area contributed by atoms with Crippen LogP contribution in [-0.2, 0) is 4.74 Å². The van der Waals surface area contributed by atoms with Crippen molar-refractivity contribution in [3.05, 3.63) is 22.4 Å². The van der Waals surface area contributed by atoms with E-state index in [2.05, 4.69) is 40.5 Å². The summed E-state index contributed by atoms with van der Waals surface area (Å²) in [7, 11) is 1.47. The van der Waals surface area contributed by atoms with Gasteiger partial charge in [0.25, 0.3) is 0 Å². The Bertz CT molecular complexity index is 799. The lowest BCUT2D eigenvalue weighted by atomic mass is 9.91. The number of carbonyl (C=O) groups is 1. The number of fused-ring (bicyclic) bond motifs is 3. The van der Waals surface area contributed by atoms with E-state index < -0.39 is 0 Å².